The highest BCUT2D eigenvalue weighted by Crippen LogP contribution is 2.03. The fourth-order valence-electron chi connectivity index (χ4n) is 1.49. The van der Waals surface area contributed by atoms with Crippen molar-refractivity contribution in [2.45, 2.75) is 64.6 Å². The first kappa shape index (κ1) is 17.5. The van der Waals surface area contributed by atoms with Gasteiger partial charge in [-0.15, -0.1) is 0 Å². The minimum atomic E-state index is -0.300. The Morgan fingerprint density at radius 3 is 2.00 bits per heavy atom. The molecule has 0 fully saturated rings. The maximum Gasteiger partial charge on any atom is 0.0466 e. The Bertz CT molecular complexity index is 110. The van der Waals surface area contributed by atoms with E-state index in [-0.39, 0.29) is 13.5 Å². The van der Waals surface area contributed by atoms with Crippen LogP contribution in [0.5, 0.6) is 0 Å². The zero-order valence-electron chi connectivity index (χ0n) is 10.8. The topological polar surface area (TPSA) is 9.23 Å². The fourth-order valence-corrected chi connectivity index (χ4v) is 2.59. The summed E-state index contributed by atoms with van der Waals surface area (Å²) in [4.78, 5) is 0. The van der Waals surface area contributed by atoms with Crippen molar-refractivity contribution >= 4 is 8.80 Å². The van der Waals surface area contributed by atoms with Crippen molar-refractivity contribution in [2.24, 2.45) is 0 Å². The Hall–Kier alpha value is 0.107. The van der Waals surface area contributed by atoms with Crippen LogP contribution in [-0.2, 0) is 4.74 Å². The second-order valence-corrected chi connectivity index (χ2v) is 7.93. The van der Waals surface area contributed by atoms with Crippen molar-refractivity contribution in [3.63, 3.8) is 0 Å². The highest BCUT2D eigenvalue weighted by molar-refractivity contribution is 6.55. The third-order valence-electron chi connectivity index (χ3n) is 2.46. The molecule has 0 rings (SSSR count). The Kier molecular flexibility index (Phi) is 16.5. The molecule has 0 aliphatic rings. The first-order valence-electron chi connectivity index (χ1n) is 6.35. The molecule has 0 amide bonds. The highest BCUT2D eigenvalue weighted by atomic mass is 28.3. The molecule has 0 spiro atoms. The van der Waals surface area contributed by atoms with Gasteiger partial charge in [0.2, 0.25) is 0 Å². The number of unbranched alkanes of at least 4 members (excludes halogenated alkanes) is 4. The molecule has 0 bridgehead atoms. The number of halogens is 1. The lowest BCUT2D eigenvalue weighted by Gasteiger charge is -2.05. The third kappa shape index (κ3) is 16.8. The molecule has 0 atom stereocenters. The van der Waals surface area contributed by atoms with Crippen molar-refractivity contribution in [3.8, 4) is 0 Å². The molecule has 0 aliphatic heterocycles. The van der Waals surface area contributed by atoms with Gasteiger partial charge in [0, 0.05) is 22.0 Å². The van der Waals surface area contributed by atoms with E-state index in [4.69, 9.17) is 4.74 Å². The summed E-state index contributed by atoms with van der Waals surface area (Å²) in [7, 11) is -0.300. The number of rotatable bonds is 10. The molecule has 0 radical (unpaired) electrons. The largest absolute Gasteiger partial charge is 0.381 e. The molecule has 0 aliphatic carbocycles. The van der Waals surface area contributed by atoms with E-state index in [1.54, 1.807) is 0 Å². The highest BCUT2D eigenvalue weighted by Gasteiger charge is 1.95. The molecule has 0 aromatic heterocycles. The van der Waals surface area contributed by atoms with Crippen molar-refractivity contribution in [2.75, 3.05) is 13.2 Å². The maximum absolute atomic E-state index is 5.58. The lowest BCUT2D eigenvalue weighted by molar-refractivity contribution is 0.127. The van der Waals surface area contributed by atoms with E-state index >= 15 is 0 Å². The molecule has 0 saturated carbocycles. The minimum Gasteiger partial charge on any atom is -0.381 e. The second-order valence-electron chi connectivity index (χ2n) is 4.56. The first-order chi connectivity index (χ1) is 6.77. The van der Waals surface area contributed by atoms with Crippen LogP contribution < -0.4 is 0 Å². The summed E-state index contributed by atoms with van der Waals surface area (Å²) in [5.74, 6) is 0. The number of hydrogen-bond donors (Lipinski definition) is 0. The van der Waals surface area contributed by atoms with Gasteiger partial charge in [-0.2, -0.15) is 0 Å². The molecule has 0 unspecified atom stereocenters. The molecule has 0 aromatic rings. The predicted molar refractivity (Wildman–Crippen MR) is 70.4 cm³/mol. The van der Waals surface area contributed by atoms with Crippen LogP contribution in [0, 0.1) is 0 Å². The molecule has 94 valence electrons. The van der Waals surface area contributed by atoms with Crippen molar-refractivity contribution < 1.29 is 9.44 Å². The molecule has 1 nitrogen and oxygen atoms in total. The normalized spacial score (nSPS) is 10.4. The standard InChI is InChI=1S/C12H28OSi.FH/c1-4-5-6-7-10-13-11-8-9-12-14(2)3;/h14H,4-12H2,1-3H3;1H. The van der Waals surface area contributed by atoms with Crippen LogP contribution in [0.3, 0.4) is 0 Å². The van der Waals surface area contributed by atoms with Crippen molar-refractivity contribution in [3.05, 3.63) is 0 Å². The number of ether oxygens (including phenoxy) is 1. The summed E-state index contributed by atoms with van der Waals surface area (Å²) in [5.41, 5.74) is 0. The van der Waals surface area contributed by atoms with Gasteiger partial charge in [-0.05, 0) is 12.8 Å². The van der Waals surface area contributed by atoms with Gasteiger partial charge in [0.15, 0.2) is 0 Å². The summed E-state index contributed by atoms with van der Waals surface area (Å²) in [6.45, 7) is 9.07. The summed E-state index contributed by atoms with van der Waals surface area (Å²) < 4.78 is 5.58. The van der Waals surface area contributed by atoms with E-state index in [9.17, 15) is 0 Å². The Morgan fingerprint density at radius 1 is 0.867 bits per heavy atom. The summed E-state index contributed by atoms with van der Waals surface area (Å²) >= 11 is 0. The van der Waals surface area contributed by atoms with E-state index < -0.39 is 0 Å². The van der Waals surface area contributed by atoms with Crippen LogP contribution >= 0.6 is 0 Å². The average Bonchev–Trinajstić information content (AvgIpc) is 2.15. The van der Waals surface area contributed by atoms with Crippen LogP contribution in [0.2, 0.25) is 19.1 Å². The van der Waals surface area contributed by atoms with E-state index in [1.165, 1.54) is 44.6 Å². The van der Waals surface area contributed by atoms with Crippen molar-refractivity contribution in [1.82, 2.24) is 0 Å². The van der Waals surface area contributed by atoms with Crippen LogP contribution in [0.4, 0.5) is 4.70 Å². The quantitative estimate of drug-likeness (QED) is 0.411. The van der Waals surface area contributed by atoms with Gasteiger partial charge in [-0.3, -0.25) is 4.70 Å². The van der Waals surface area contributed by atoms with Gasteiger partial charge in [0.05, 0.1) is 0 Å². The molecule has 0 saturated heterocycles. The van der Waals surface area contributed by atoms with Gasteiger partial charge in [0.1, 0.15) is 0 Å². The van der Waals surface area contributed by atoms with E-state index in [0.29, 0.717) is 0 Å². The molecule has 0 heterocycles. The smallest absolute Gasteiger partial charge is 0.0466 e. The zero-order valence-corrected chi connectivity index (χ0v) is 11.9. The predicted octanol–water partition coefficient (Wildman–Crippen LogP) is 4.00. The van der Waals surface area contributed by atoms with Gasteiger partial charge < -0.3 is 4.74 Å². The maximum atomic E-state index is 5.58. The van der Waals surface area contributed by atoms with E-state index in [1.807, 2.05) is 0 Å². The molecule has 0 N–H and O–H groups in total. The minimum absolute atomic E-state index is 0. The molecule has 3 heteroatoms. The molecule has 0 aromatic carbocycles. The molecule has 15 heavy (non-hydrogen) atoms. The summed E-state index contributed by atoms with van der Waals surface area (Å²) in [6, 6.07) is 1.49. The van der Waals surface area contributed by atoms with E-state index in [0.717, 1.165) is 13.2 Å². The summed E-state index contributed by atoms with van der Waals surface area (Å²) in [5, 5.41) is 0. The van der Waals surface area contributed by atoms with Crippen molar-refractivity contribution in [1.29, 1.82) is 0 Å². The Morgan fingerprint density at radius 2 is 1.47 bits per heavy atom. The Labute approximate surface area is 96.6 Å². The fraction of sp³-hybridized carbons (Fsp3) is 1.00. The SMILES string of the molecule is CCCCCCOCCCC[SiH](C)C.F. The molecular weight excluding hydrogens is 207 g/mol. The van der Waals surface area contributed by atoms with Crippen LogP contribution in [0.25, 0.3) is 0 Å². The van der Waals surface area contributed by atoms with E-state index in [2.05, 4.69) is 20.0 Å². The van der Waals surface area contributed by atoms with Gasteiger partial charge in [0.25, 0.3) is 0 Å². The van der Waals surface area contributed by atoms with Crippen LogP contribution in [-0.4, -0.2) is 22.0 Å². The lowest BCUT2D eigenvalue weighted by Crippen LogP contribution is -2.01. The monoisotopic (exact) mass is 236 g/mol. The van der Waals surface area contributed by atoms with Gasteiger partial charge >= 0.3 is 0 Å². The van der Waals surface area contributed by atoms with Crippen LogP contribution in [0.1, 0.15) is 45.4 Å². The molecular formula is C12H29FOSi. The van der Waals surface area contributed by atoms with Gasteiger partial charge in [-0.25, -0.2) is 0 Å². The summed E-state index contributed by atoms with van der Waals surface area (Å²) in [6.07, 6.45) is 7.95. The van der Waals surface area contributed by atoms with Gasteiger partial charge in [-0.1, -0.05) is 51.7 Å². The first-order valence-corrected chi connectivity index (χ1v) is 9.47. The second kappa shape index (κ2) is 14.1. The zero-order chi connectivity index (χ0) is 10.6. The Balaban J connectivity index is 0. The average molecular weight is 236 g/mol. The lowest BCUT2D eigenvalue weighted by atomic mass is 10.2. The number of hydrogen-bond acceptors (Lipinski definition) is 1. The van der Waals surface area contributed by atoms with Crippen LogP contribution in [0.15, 0.2) is 0 Å². The third-order valence-corrected chi connectivity index (χ3v) is 4.03.